The van der Waals surface area contributed by atoms with Gasteiger partial charge in [-0.25, -0.2) is 4.98 Å². The van der Waals surface area contributed by atoms with Crippen LogP contribution in [0.4, 0.5) is 0 Å². The standard InChI is InChI=1S/C23H21N3O3S/c1-15-10-19(20(27)14-30-23-17(11-24)6-5-9-25-23)16(2)26(15)12-18-13-28-21-7-3-4-8-22(21)29-18/h3-10,18H,12-14H2,1-2H3. The monoisotopic (exact) mass is 419 g/mol. The number of Topliss-reactive ketones (excluding diaryl/α,β-unsaturated/α-hetero) is 1. The summed E-state index contributed by atoms with van der Waals surface area (Å²) in [4.78, 5) is 17.1. The Hall–Kier alpha value is -3.24. The van der Waals surface area contributed by atoms with Crippen LogP contribution in [0.3, 0.4) is 0 Å². The molecular weight excluding hydrogens is 398 g/mol. The van der Waals surface area contributed by atoms with E-state index < -0.39 is 0 Å². The lowest BCUT2D eigenvalue weighted by atomic mass is 10.2. The van der Waals surface area contributed by atoms with Crippen LogP contribution in [-0.4, -0.2) is 33.8 Å². The lowest BCUT2D eigenvalue weighted by molar-refractivity contribution is 0.0777. The first kappa shape index (κ1) is 20.0. The maximum Gasteiger partial charge on any atom is 0.174 e. The molecule has 0 spiro atoms. The molecule has 2 aromatic heterocycles. The van der Waals surface area contributed by atoms with E-state index in [9.17, 15) is 10.1 Å². The van der Waals surface area contributed by atoms with Gasteiger partial charge in [0.25, 0.3) is 0 Å². The minimum absolute atomic E-state index is 0.0139. The molecule has 1 aromatic carbocycles. The Morgan fingerprint density at radius 1 is 1.27 bits per heavy atom. The number of aromatic nitrogens is 2. The lowest BCUT2D eigenvalue weighted by Crippen LogP contribution is -2.33. The highest BCUT2D eigenvalue weighted by Crippen LogP contribution is 2.32. The summed E-state index contributed by atoms with van der Waals surface area (Å²) >= 11 is 1.29. The van der Waals surface area contributed by atoms with Crippen LogP contribution in [0.15, 0.2) is 53.7 Å². The fraction of sp³-hybridized carbons (Fsp3) is 0.261. The largest absolute Gasteiger partial charge is 0.486 e. The van der Waals surface area contributed by atoms with Gasteiger partial charge < -0.3 is 14.0 Å². The third-order valence-electron chi connectivity index (χ3n) is 5.06. The molecule has 4 rings (SSSR count). The van der Waals surface area contributed by atoms with Crippen molar-refractivity contribution in [1.29, 1.82) is 5.26 Å². The zero-order chi connectivity index (χ0) is 21.1. The number of fused-ring (bicyclic) bond motifs is 1. The average molecular weight is 420 g/mol. The second-order valence-corrected chi connectivity index (χ2v) is 8.04. The van der Waals surface area contributed by atoms with E-state index in [-0.39, 0.29) is 17.6 Å². The predicted octanol–water partition coefficient (Wildman–Crippen LogP) is 4.19. The number of thioether (sulfide) groups is 1. The lowest BCUT2D eigenvalue weighted by Gasteiger charge is -2.27. The van der Waals surface area contributed by atoms with Crippen molar-refractivity contribution in [2.24, 2.45) is 0 Å². The highest BCUT2D eigenvalue weighted by molar-refractivity contribution is 8.00. The van der Waals surface area contributed by atoms with Gasteiger partial charge in [-0.2, -0.15) is 5.26 Å². The molecule has 6 nitrogen and oxygen atoms in total. The molecule has 0 fully saturated rings. The number of ether oxygens (including phenoxy) is 2. The van der Waals surface area contributed by atoms with Crippen molar-refractivity contribution in [2.75, 3.05) is 12.4 Å². The second kappa shape index (κ2) is 8.64. The summed E-state index contributed by atoms with van der Waals surface area (Å²) in [5.41, 5.74) is 3.07. The van der Waals surface area contributed by atoms with Gasteiger partial charge >= 0.3 is 0 Å². The van der Waals surface area contributed by atoms with Gasteiger partial charge in [0.1, 0.15) is 17.7 Å². The van der Waals surface area contributed by atoms with E-state index in [1.54, 1.807) is 18.3 Å². The van der Waals surface area contributed by atoms with E-state index in [1.165, 1.54) is 11.8 Å². The predicted molar refractivity (Wildman–Crippen MR) is 114 cm³/mol. The Kier molecular flexibility index (Phi) is 5.77. The first-order valence-corrected chi connectivity index (χ1v) is 10.6. The van der Waals surface area contributed by atoms with Crippen LogP contribution in [-0.2, 0) is 6.54 Å². The van der Waals surface area contributed by atoms with Crippen molar-refractivity contribution in [2.45, 2.75) is 31.5 Å². The van der Waals surface area contributed by atoms with Gasteiger partial charge in [-0.15, -0.1) is 0 Å². The molecule has 3 heterocycles. The van der Waals surface area contributed by atoms with Crippen molar-refractivity contribution in [3.8, 4) is 17.6 Å². The quantitative estimate of drug-likeness (QED) is 0.440. The third kappa shape index (κ3) is 4.05. The molecule has 0 saturated carbocycles. The summed E-state index contributed by atoms with van der Waals surface area (Å²) in [6, 6.07) is 15.1. The van der Waals surface area contributed by atoms with Crippen LogP contribution in [0, 0.1) is 25.2 Å². The smallest absolute Gasteiger partial charge is 0.174 e. The second-order valence-electron chi connectivity index (χ2n) is 7.07. The van der Waals surface area contributed by atoms with Gasteiger partial charge in [0.05, 0.1) is 17.9 Å². The zero-order valence-electron chi connectivity index (χ0n) is 16.8. The number of hydrogen-bond acceptors (Lipinski definition) is 6. The molecule has 0 radical (unpaired) electrons. The summed E-state index contributed by atoms with van der Waals surface area (Å²) < 4.78 is 14.0. The van der Waals surface area contributed by atoms with E-state index in [0.717, 1.165) is 22.9 Å². The van der Waals surface area contributed by atoms with Gasteiger partial charge in [0.2, 0.25) is 0 Å². The van der Waals surface area contributed by atoms with E-state index >= 15 is 0 Å². The summed E-state index contributed by atoms with van der Waals surface area (Å²) in [5.74, 6) is 1.74. The van der Waals surface area contributed by atoms with E-state index in [1.807, 2.05) is 44.2 Å². The number of para-hydroxylation sites is 2. The topological polar surface area (TPSA) is 77.1 Å². The highest BCUT2D eigenvalue weighted by Gasteiger charge is 2.24. The molecule has 0 N–H and O–H groups in total. The summed E-state index contributed by atoms with van der Waals surface area (Å²) in [6.45, 7) is 5.00. The Morgan fingerprint density at radius 2 is 2.07 bits per heavy atom. The molecule has 0 aliphatic carbocycles. The minimum atomic E-state index is -0.131. The number of ketones is 1. The maximum atomic E-state index is 12.9. The van der Waals surface area contributed by atoms with Crippen LogP contribution in [0.2, 0.25) is 0 Å². The number of hydrogen-bond donors (Lipinski definition) is 0. The van der Waals surface area contributed by atoms with Crippen molar-refractivity contribution in [3.05, 3.63) is 71.2 Å². The zero-order valence-corrected chi connectivity index (χ0v) is 17.6. The third-order valence-corrected chi connectivity index (χ3v) is 6.06. The number of carbonyl (C=O) groups is 1. The SMILES string of the molecule is Cc1cc(C(=O)CSc2ncccc2C#N)c(C)n1CC1COc2ccccc2O1. The average Bonchev–Trinajstić information content (AvgIpc) is 3.06. The summed E-state index contributed by atoms with van der Waals surface area (Å²) in [6.07, 6.45) is 1.50. The molecule has 3 aromatic rings. The van der Waals surface area contributed by atoms with Crippen LogP contribution in [0.25, 0.3) is 0 Å². The molecule has 1 unspecified atom stereocenters. The van der Waals surface area contributed by atoms with Crippen molar-refractivity contribution < 1.29 is 14.3 Å². The number of nitriles is 1. The fourth-order valence-electron chi connectivity index (χ4n) is 3.52. The van der Waals surface area contributed by atoms with E-state index in [0.29, 0.717) is 29.3 Å². The van der Waals surface area contributed by atoms with Gasteiger partial charge in [-0.3, -0.25) is 4.79 Å². The van der Waals surface area contributed by atoms with Crippen LogP contribution in [0.1, 0.15) is 27.3 Å². The van der Waals surface area contributed by atoms with Gasteiger partial charge in [0, 0.05) is 23.1 Å². The van der Waals surface area contributed by atoms with Crippen LogP contribution >= 0.6 is 11.8 Å². The Bertz CT molecular complexity index is 1130. The molecule has 152 valence electrons. The van der Waals surface area contributed by atoms with Crippen LogP contribution in [0.5, 0.6) is 11.5 Å². The van der Waals surface area contributed by atoms with Crippen molar-refractivity contribution >= 4 is 17.5 Å². The molecule has 0 saturated heterocycles. The van der Waals surface area contributed by atoms with E-state index in [2.05, 4.69) is 15.6 Å². The van der Waals surface area contributed by atoms with Gasteiger partial charge in [-0.05, 0) is 44.2 Å². The maximum absolute atomic E-state index is 12.9. The minimum Gasteiger partial charge on any atom is -0.486 e. The first-order valence-electron chi connectivity index (χ1n) is 9.63. The normalized spacial score (nSPS) is 14.9. The van der Waals surface area contributed by atoms with Crippen molar-refractivity contribution in [1.82, 2.24) is 9.55 Å². The summed E-state index contributed by atoms with van der Waals surface area (Å²) in [5, 5.41) is 9.77. The first-order chi connectivity index (χ1) is 14.6. The Balaban J connectivity index is 1.46. The molecule has 1 atom stereocenters. The molecule has 1 aliphatic heterocycles. The van der Waals surface area contributed by atoms with Gasteiger partial charge in [-0.1, -0.05) is 23.9 Å². The highest BCUT2D eigenvalue weighted by atomic mass is 32.2. The Labute approximate surface area is 179 Å². The van der Waals surface area contributed by atoms with Gasteiger partial charge in [0.15, 0.2) is 23.4 Å². The molecular formula is C23H21N3O3S. The number of carbonyl (C=O) groups excluding carboxylic acids is 1. The number of aryl methyl sites for hydroxylation is 1. The number of nitrogens with zero attached hydrogens (tertiary/aromatic N) is 3. The number of pyridine rings is 1. The molecule has 0 amide bonds. The number of rotatable bonds is 6. The Morgan fingerprint density at radius 3 is 2.87 bits per heavy atom. The van der Waals surface area contributed by atoms with Crippen molar-refractivity contribution in [3.63, 3.8) is 0 Å². The molecule has 1 aliphatic rings. The molecule has 7 heteroatoms. The molecule has 30 heavy (non-hydrogen) atoms. The number of benzene rings is 1. The fourth-order valence-corrected chi connectivity index (χ4v) is 4.35. The van der Waals surface area contributed by atoms with Crippen LogP contribution < -0.4 is 9.47 Å². The van der Waals surface area contributed by atoms with E-state index in [4.69, 9.17) is 9.47 Å². The summed E-state index contributed by atoms with van der Waals surface area (Å²) in [7, 11) is 0. The molecule has 0 bridgehead atoms.